The van der Waals surface area contributed by atoms with Gasteiger partial charge in [0.2, 0.25) is 10.0 Å². The molecule has 1 aliphatic rings. The van der Waals surface area contributed by atoms with Crippen LogP contribution in [-0.4, -0.2) is 54.0 Å². The maximum absolute atomic E-state index is 13.1. The van der Waals surface area contributed by atoms with Crippen LogP contribution in [0.3, 0.4) is 0 Å². The highest BCUT2D eigenvalue weighted by Crippen LogP contribution is 2.26. The Labute approximate surface area is 180 Å². The van der Waals surface area contributed by atoms with E-state index in [4.69, 9.17) is 0 Å². The van der Waals surface area contributed by atoms with Crippen molar-refractivity contribution >= 4 is 21.5 Å². The zero-order valence-corrected chi connectivity index (χ0v) is 17.7. The Morgan fingerprint density at radius 3 is 2.26 bits per heavy atom. The van der Waals surface area contributed by atoms with Gasteiger partial charge in [-0.15, -0.1) is 10.2 Å². The first-order valence-corrected chi connectivity index (χ1v) is 11.2. The second-order valence-electron chi connectivity index (χ2n) is 7.24. The van der Waals surface area contributed by atoms with Crippen LogP contribution in [0.5, 0.6) is 0 Å². The highest BCUT2D eigenvalue weighted by molar-refractivity contribution is 7.89. The number of aryl methyl sites for hydroxylation is 1. The Morgan fingerprint density at radius 1 is 0.935 bits per heavy atom. The second-order valence-corrected chi connectivity index (χ2v) is 9.15. The molecule has 0 bridgehead atoms. The van der Waals surface area contributed by atoms with Gasteiger partial charge in [0, 0.05) is 43.9 Å². The molecule has 0 aliphatic carbocycles. The molecule has 0 unspecified atom stereocenters. The smallest absolute Gasteiger partial charge is 0.270 e. The molecule has 1 aliphatic heterocycles. The summed E-state index contributed by atoms with van der Waals surface area (Å²) in [6.07, 6.45) is 0. The molecule has 31 heavy (non-hydrogen) atoms. The fourth-order valence-electron chi connectivity index (χ4n) is 3.53. The van der Waals surface area contributed by atoms with Gasteiger partial charge in [-0.1, -0.05) is 36.4 Å². The molecule has 3 aromatic rings. The van der Waals surface area contributed by atoms with E-state index >= 15 is 0 Å². The number of benzene rings is 2. The van der Waals surface area contributed by atoms with Crippen molar-refractivity contribution in [2.45, 2.75) is 11.8 Å². The Balaban J connectivity index is 1.47. The zero-order chi connectivity index (χ0) is 22.0. The quantitative estimate of drug-likeness (QED) is 0.444. The SMILES string of the molecule is Cc1ccc([N+](=O)[O-])cc1S(=O)(=O)N1CCN(c2ccc(-c3ccccc3)nn2)CC1. The molecule has 160 valence electrons. The lowest BCUT2D eigenvalue weighted by Gasteiger charge is -2.34. The predicted molar refractivity (Wildman–Crippen MR) is 116 cm³/mol. The van der Waals surface area contributed by atoms with E-state index in [1.807, 2.05) is 47.4 Å². The lowest BCUT2D eigenvalue weighted by atomic mass is 10.1. The molecular formula is C21H21N5O4S. The van der Waals surface area contributed by atoms with Crippen LogP contribution in [0.25, 0.3) is 11.3 Å². The minimum atomic E-state index is -3.83. The molecule has 0 N–H and O–H groups in total. The number of piperazine rings is 1. The van der Waals surface area contributed by atoms with E-state index < -0.39 is 14.9 Å². The highest BCUT2D eigenvalue weighted by atomic mass is 32.2. The number of nitrogens with zero attached hydrogens (tertiary/aromatic N) is 5. The average molecular weight is 439 g/mol. The first kappa shape index (κ1) is 20.9. The van der Waals surface area contributed by atoms with Gasteiger partial charge in [0.25, 0.3) is 5.69 Å². The van der Waals surface area contributed by atoms with E-state index in [9.17, 15) is 18.5 Å². The molecule has 2 aromatic carbocycles. The third-order valence-corrected chi connectivity index (χ3v) is 7.32. The van der Waals surface area contributed by atoms with Crippen LogP contribution in [0.2, 0.25) is 0 Å². The summed E-state index contributed by atoms with van der Waals surface area (Å²) in [5.74, 6) is 0.684. The zero-order valence-electron chi connectivity index (χ0n) is 16.9. The van der Waals surface area contributed by atoms with Crippen molar-refractivity contribution in [1.29, 1.82) is 0 Å². The molecule has 0 atom stereocenters. The molecule has 2 heterocycles. The Kier molecular flexibility index (Phi) is 5.66. The van der Waals surface area contributed by atoms with Gasteiger partial charge in [0.15, 0.2) is 5.82 Å². The van der Waals surface area contributed by atoms with Gasteiger partial charge < -0.3 is 4.90 Å². The van der Waals surface area contributed by atoms with Crippen molar-refractivity contribution in [2.75, 3.05) is 31.1 Å². The summed E-state index contributed by atoms with van der Waals surface area (Å²) in [6, 6.07) is 17.4. The Bertz CT molecular complexity index is 1190. The van der Waals surface area contributed by atoms with E-state index in [0.29, 0.717) is 24.5 Å². The van der Waals surface area contributed by atoms with Crippen molar-refractivity contribution in [3.63, 3.8) is 0 Å². The lowest BCUT2D eigenvalue weighted by molar-refractivity contribution is -0.385. The first-order valence-electron chi connectivity index (χ1n) is 9.75. The molecule has 0 saturated carbocycles. The van der Waals surface area contributed by atoms with E-state index in [-0.39, 0.29) is 23.7 Å². The number of nitro benzene ring substituents is 1. The molecule has 1 saturated heterocycles. The first-order chi connectivity index (χ1) is 14.9. The third-order valence-electron chi connectivity index (χ3n) is 5.28. The molecule has 1 aromatic heterocycles. The topological polar surface area (TPSA) is 110 Å². The fourth-order valence-corrected chi connectivity index (χ4v) is 5.20. The van der Waals surface area contributed by atoms with Gasteiger partial charge >= 0.3 is 0 Å². The summed E-state index contributed by atoms with van der Waals surface area (Å²) in [5, 5.41) is 19.7. The number of aromatic nitrogens is 2. The molecule has 1 fully saturated rings. The summed E-state index contributed by atoms with van der Waals surface area (Å²) in [4.78, 5) is 12.4. The van der Waals surface area contributed by atoms with Crippen LogP contribution < -0.4 is 4.90 Å². The van der Waals surface area contributed by atoms with Crippen LogP contribution in [0.15, 0.2) is 65.6 Å². The predicted octanol–water partition coefficient (Wildman–Crippen LogP) is 2.87. The van der Waals surface area contributed by atoms with Crippen molar-refractivity contribution in [3.05, 3.63) is 76.3 Å². The molecule has 0 radical (unpaired) electrons. The molecule has 0 spiro atoms. The fraction of sp³-hybridized carbons (Fsp3) is 0.238. The number of anilines is 1. The van der Waals surface area contributed by atoms with Crippen LogP contribution in [0.1, 0.15) is 5.56 Å². The third kappa shape index (κ3) is 4.25. The second kappa shape index (κ2) is 8.40. The molecular weight excluding hydrogens is 418 g/mol. The number of rotatable bonds is 5. The van der Waals surface area contributed by atoms with E-state index in [2.05, 4.69) is 10.2 Å². The minimum Gasteiger partial charge on any atom is -0.352 e. The summed E-state index contributed by atoms with van der Waals surface area (Å²) in [7, 11) is -3.83. The van der Waals surface area contributed by atoms with Crippen molar-refractivity contribution < 1.29 is 13.3 Å². The van der Waals surface area contributed by atoms with Gasteiger partial charge in [-0.25, -0.2) is 8.42 Å². The van der Waals surface area contributed by atoms with Gasteiger partial charge in [-0.2, -0.15) is 4.31 Å². The molecule has 0 amide bonds. The van der Waals surface area contributed by atoms with E-state index in [0.717, 1.165) is 17.3 Å². The van der Waals surface area contributed by atoms with Crippen molar-refractivity contribution in [1.82, 2.24) is 14.5 Å². The summed E-state index contributed by atoms with van der Waals surface area (Å²) >= 11 is 0. The maximum atomic E-state index is 13.1. The van der Waals surface area contributed by atoms with E-state index in [1.54, 1.807) is 6.92 Å². The molecule has 9 nitrogen and oxygen atoms in total. The van der Waals surface area contributed by atoms with Crippen molar-refractivity contribution in [3.8, 4) is 11.3 Å². The van der Waals surface area contributed by atoms with Crippen LogP contribution in [0.4, 0.5) is 11.5 Å². The standard InChI is InChI=1S/C21H21N5O4S/c1-16-7-8-18(26(27)28)15-20(16)31(29,30)25-13-11-24(12-14-25)21-10-9-19(22-23-21)17-5-3-2-4-6-17/h2-10,15H,11-14H2,1H3. The number of non-ortho nitro benzene ring substituents is 1. The molecule has 10 heteroatoms. The summed E-state index contributed by atoms with van der Waals surface area (Å²) in [5.41, 5.74) is 1.99. The van der Waals surface area contributed by atoms with Gasteiger partial charge in [0.1, 0.15) is 0 Å². The van der Waals surface area contributed by atoms with Crippen molar-refractivity contribution in [2.24, 2.45) is 0 Å². The normalized spacial score (nSPS) is 15.1. The van der Waals surface area contributed by atoms with Crippen LogP contribution >= 0.6 is 0 Å². The average Bonchev–Trinajstić information content (AvgIpc) is 2.80. The number of hydrogen-bond acceptors (Lipinski definition) is 7. The summed E-state index contributed by atoms with van der Waals surface area (Å²) in [6.45, 7) is 3.05. The summed E-state index contributed by atoms with van der Waals surface area (Å²) < 4.78 is 27.5. The Morgan fingerprint density at radius 2 is 1.65 bits per heavy atom. The van der Waals surface area contributed by atoms with Gasteiger partial charge in [0.05, 0.1) is 15.5 Å². The lowest BCUT2D eigenvalue weighted by Crippen LogP contribution is -2.49. The Hall–Kier alpha value is -3.37. The number of nitro groups is 1. The van der Waals surface area contributed by atoms with E-state index in [1.165, 1.54) is 16.4 Å². The minimum absolute atomic E-state index is 0.0258. The molecule has 4 rings (SSSR count). The van der Waals surface area contributed by atoms with Gasteiger partial charge in [-0.3, -0.25) is 10.1 Å². The van der Waals surface area contributed by atoms with Gasteiger partial charge in [-0.05, 0) is 24.6 Å². The maximum Gasteiger partial charge on any atom is 0.270 e. The van der Waals surface area contributed by atoms with Crippen LogP contribution in [0, 0.1) is 17.0 Å². The van der Waals surface area contributed by atoms with Crippen LogP contribution in [-0.2, 0) is 10.0 Å². The largest absolute Gasteiger partial charge is 0.352 e. The highest BCUT2D eigenvalue weighted by Gasteiger charge is 2.31. The monoisotopic (exact) mass is 439 g/mol. The number of sulfonamides is 1. The number of hydrogen-bond donors (Lipinski definition) is 0.